The fraction of sp³-hybridized carbons (Fsp3) is 0.489. The van der Waals surface area contributed by atoms with E-state index in [1.165, 1.54) is 35.0 Å². The number of nitrogens with one attached hydrogen (secondary N) is 2. The SMILES string of the molecule is C=C(CCCl)C1=C(CN2CCN(c3ccc(C(=O)NS(=O)(=O)c4ccc(N[C@H](CCN5CCOCC5)CSc5ccccc5)c(S(=O)(=O)C(F)(F)F)c4)cc3)CC2)CC(C)(C)CC1. The number of piperazine rings is 1. The van der Waals surface area contributed by atoms with Crippen molar-refractivity contribution in [3.05, 3.63) is 102 Å². The van der Waals surface area contributed by atoms with E-state index in [4.69, 9.17) is 16.3 Å². The van der Waals surface area contributed by atoms with Gasteiger partial charge in [-0.3, -0.25) is 14.6 Å². The van der Waals surface area contributed by atoms with Crippen molar-refractivity contribution in [2.75, 3.05) is 87.4 Å². The van der Waals surface area contributed by atoms with Gasteiger partial charge in [0.2, 0.25) is 0 Å². The number of carbonyl (C=O) groups is 1. The Labute approximate surface area is 379 Å². The van der Waals surface area contributed by atoms with Gasteiger partial charge in [-0.05, 0) is 97.7 Å². The zero-order chi connectivity index (χ0) is 45.4. The largest absolute Gasteiger partial charge is 0.501 e. The number of hydrogen-bond donors (Lipinski definition) is 2. The molecule has 344 valence electrons. The first-order valence-corrected chi connectivity index (χ1v) is 25.6. The lowest BCUT2D eigenvalue weighted by atomic mass is 9.72. The van der Waals surface area contributed by atoms with E-state index in [1.807, 2.05) is 35.1 Å². The molecule has 11 nitrogen and oxygen atoms in total. The highest BCUT2D eigenvalue weighted by Gasteiger charge is 2.48. The highest BCUT2D eigenvalue weighted by molar-refractivity contribution is 7.99. The summed E-state index contributed by atoms with van der Waals surface area (Å²) in [6.07, 6.45) is 4.37. The van der Waals surface area contributed by atoms with Crippen LogP contribution in [0.2, 0.25) is 0 Å². The summed E-state index contributed by atoms with van der Waals surface area (Å²) in [5.41, 5.74) is -1.14. The number of benzene rings is 3. The molecule has 2 N–H and O–H groups in total. The Kier molecular flexibility index (Phi) is 16.4. The average Bonchev–Trinajstić information content (AvgIpc) is 3.25. The van der Waals surface area contributed by atoms with Gasteiger partial charge >= 0.3 is 5.51 Å². The number of halogens is 4. The number of ether oxygens (including phenoxy) is 1. The number of alkyl halides is 4. The number of thioether (sulfide) groups is 1. The minimum atomic E-state index is -6.05. The molecule has 1 amide bonds. The summed E-state index contributed by atoms with van der Waals surface area (Å²) in [7, 11) is -10.9. The van der Waals surface area contributed by atoms with Crippen molar-refractivity contribution in [2.45, 2.75) is 72.2 Å². The second kappa shape index (κ2) is 21.2. The third-order valence-electron chi connectivity index (χ3n) is 11.8. The molecule has 63 heavy (non-hydrogen) atoms. The van der Waals surface area contributed by atoms with Gasteiger partial charge in [0.05, 0.1) is 23.8 Å². The number of hydrogen-bond acceptors (Lipinski definition) is 11. The number of rotatable bonds is 18. The van der Waals surface area contributed by atoms with E-state index < -0.39 is 52.8 Å². The maximum Gasteiger partial charge on any atom is 0.501 e. The van der Waals surface area contributed by atoms with Gasteiger partial charge in [0, 0.05) is 86.2 Å². The summed E-state index contributed by atoms with van der Waals surface area (Å²) in [6.45, 7) is 16.0. The van der Waals surface area contributed by atoms with Crippen molar-refractivity contribution in [1.29, 1.82) is 0 Å². The van der Waals surface area contributed by atoms with Gasteiger partial charge < -0.3 is 15.0 Å². The summed E-state index contributed by atoms with van der Waals surface area (Å²) in [6, 6.07) is 17.7. The Morgan fingerprint density at radius 2 is 1.62 bits per heavy atom. The molecule has 3 aliphatic rings. The predicted octanol–water partition coefficient (Wildman–Crippen LogP) is 8.21. The molecular formula is C45H57ClF3N5O6S3. The number of sulfone groups is 1. The summed E-state index contributed by atoms with van der Waals surface area (Å²) in [5.74, 6) is -0.106. The van der Waals surface area contributed by atoms with Crippen LogP contribution in [0.3, 0.4) is 0 Å². The zero-order valence-corrected chi connectivity index (χ0v) is 39.0. The molecule has 0 saturated carbocycles. The maximum atomic E-state index is 14.2. The van der Waals surface area contributed by atoms with E-state index in [0.717, 1.165) is 86.7 Å². The lowest BCUT2D eigenvalue weighted by molar-refractivity contribution is -0.0435. The van der Waals surface area contributed by atoms with E-state index >= 15 is 0 Å². The number of amides is 1. The highest BCUT2D eigenvalue weighted by Crippen LogP contribution is 2.42. The first kappa shape index (κ1) is 48.9. The van der Waals surface area contributed by atoms with E-state index in [2.05, 4.69) is 40.4 Å². The molecule has 2 heterocycles. The molecule has 0 bridgehead atoms. The standard InChI is InChI=1S/C45H57ClF3N5O6S3/c1-33(16-19-46)40-15-18-44(2,3)30-35(40)31-53-21-23-54(24-22-53)37-11-9-34(10-12-37)43(55)51-63(58,59)39-13-14-41(42(29-39)62(56,57)45(47,48)49)50-36(17-20-52-25-27-60-28-26-52)32-61-38-7-5-4-6-8-38/h4-14,29,36,50H,1,15-28,30-32H2,2-3H3,(H,51,55)/t36-/m1/s1. The molecule has 1 aliphatic carbocycles. The molecule has 18 heteroatoms. The molecule has 6 rings (SSSR count). The molecule has 0 spiro atoms. The first-order chi connectivity index (χ1) is 29.8. The quantitative estimate of drug-likeness (QED) is 0.0947. The number of morpholine rings is 1. The van der Waals surface area contributed by atoms with Crippen LogP contribution < -0.4 is 14.9 Å². The van der Waals surface area contributed by atoms with Gasteiger partial charge in [-0.2, -0.15) is 13.2 Å². The molecule has 3 aromatic rings. The van der Waals surface area contributed by atoms with Crippen LogP contribution in [0.1, 0.15) is 56.3 Å². The first-order valence-electron chi connectivity index (χ1n) is 21.1. The Morgan fingerprint density at radius 3 is 2.27 bits per heavy atom. The van der Waals surface area contributed by atoms with Gasteiger partial charge in [0.15, 0.2) is 0 Å². The smallest absolute Gasteiger partial charge is 0.380 e. The van der Waals surface area contributed by atoms with Crippen molar-refractivity contribution in [3.63, 3.8) is 0 Å². The Bertz CT molecular complexity index is 2320. The molecular weight excluding hydrogens is 895 g/mol. The van der Waals surface area contributed by atoms with Crippen LogP contribution in [0.25, 0.3) is 0 Å². The van der Waals surface area contributed by atoms with E-state index in [9.17, 15) is 34.8 Å². The maximum absolute atomic E-state index is 14.2. The summed E-state index contributed by atoms with van der Waals surface area (Å²) >= 11 is 7.51. The zero-order valence-electron chi connectivity index (χ0n) is 35.8. The molecule has 3 aromatic carbocycles. The average molecular weight is 953 g/mol. The van der Waals surface area contributed by atoms with Crippen molar-refractivity contribution >= 4 is 60.5 Å². The van der Waals surface area contributed by atoms with E-state index in [0.29, 0.717) is 57.0 Å². The van der Waals surface area contributed by atoms with Crippen LogP contribution in [0.15, 0.2) is 111 Å². The summed E-state index contributed by atoms with van der Waals surface area (Å²) in [4.78, 5) is 18.9. The van der Waals surface area contributed by atoms with E-state index in [-0.39, 0.29) is 11.0 Å². The van der Waals surface area contributed by atoms with Crippen LogP contribution in [0.4, 0.5) is 24.5 Å². The molecule has 2 aliphatic heterocycles. The fourth-order valence-corrected chi connectivity index (χ4v) is 11.4. The van der Waals surface area contributed by atoms with Crippen LogP contribution in [-0.2, 0) is 24.6 Å². The lowest BCUT2D eigenvalue weighted by Gasteiger charge is -2.40. The van der Waals surface area contributed by atoms with Gasteiger partial charge in [-0.25, -0.2) is 21.6 Å². The van der Waals surface area contributed by atoms with Crippen LogP contribution in [0.5, 0.6) is 0 Å². The molecule has 0 aromatic heterocycles. The van der Waals surface area contributed by atoms with Crippen LogP contribution >= 0.6 is 23.4 Å². The van der Waals surface area contributed by atoms with Gasteiger partial charge in [-0.1, -0.05) is 49.8 Å². The fourth-order valence-electron chi connectivity index (χ4n) is 8.18. The van der Waals surface area contributed by atoms with Crippen LogP contribution in [-0.4, -0.2) is 121 Å². The lowest BCUT2D eigenvalue weighted by Crippen LogP contribution is -2.47. The van der Waals surface area contributed by atoms with Crippen molar-refractivity contribution < 1.29 is 39.5 Å². The number of sulfonamides is 1. The minimum Gasteiger partial charge on any atom is -0.380 e. The number of nitrogens with zero attached hydrogens (tertiary/aromatic N) is 3. The number of anilines is 2. The van der Waals surface area contributed by atoms with Crippen molar-refractivity contribution in [3.8, 4) is 0 Å². The Hall–Kier alpha value is -3.58. The monoisotopic (exact) mass is 951 g/mol. The Morgan fingerprint density at radius 1 is 0.937 bits per heavy atom. The Balaban J connectivity index is 1.13. The van der Waals surface area contributed by atoms with Crippen molar-refractivity contribution in [1.82, 2.24) is 14.5 Å². The van der Waals surface area contributed by atoms with E-state index in [1.54, 1.807) is 12.1 Å². The molecule has 1 atom stereocenters. The molecule has 2 fully saturated rings. The third kappa shape index (κ3) is 13.0. The second-order valence-corrected chi connectivity index (χ2v) is 22.1. The number of allylic oxidation sites excluding steroid dienone is 2. The van der Waals surface area contributed by atoms with Gasteiger partial charge in [0.1, 0.15) is 4.90 Å². The third-order valence-corrected chi connectivity index (χ3v) is 16.0. The van der Waals surface area contributed by atoms with Gasteiger partial charge in [-0.15, -0.1) is 23.4 Å². The predicted molar refractivity (Wildman–Crippen MR) is 245 cm³/mol. The normalized spacial score (nSPS) is 18.5. The molecule has 0 unspecified atom stereocenters. The van der Waals surface area contributed by atoms with Crippen LogP contribution in [0, 0.1) is 5.41 Å². The minimum absolute atomic E-state index is 0.00188. The summed E-state index contributed by atoms with van der Waals surface area (Å²) < 4.78 is 103. The summed E-state index contributed by atoms with van der Waals surface area (Å²) in [5, 5.41) is 2.99. The highest BCUT2D eigenvalue weighted by atomic mass is 35.5. The molecule has 2 saturated heterocycles. The topological polar surface area (TPSA) is 128 Å². The second-order valence-electron chi connectivity index (χ2n) is 17.0. The van der Waals surface area contributed by atoms with Gasteiger partial charge in [0.25, 0.3) is 25.8 Å². The molecule has 0 radical (unpaired) electrons. The number of carbonyl (C=O) groups excluding carboxylic acids is 1. The van der Waals surface area contributed by atoms with Crippen molar-refractivity contribution in [2.24, 2.45) is 5.41 Å².